The number of nitrogens with two attached hydrogens (primary N) is 1. The monoisotopic (exact) mass is 271 g/mol. The number of hydrogen-bond acceptors (Lipinski definition) is 3. The standard InChI is InChI=1S/C16H27NO2/c1-5-6-12(2)11-19-14-9-7-13(8-10-14)15(17)16(3,4)18/h7-10,12,15,18H,5-6,11,17H2,1-4H3/t12-,15+/m0/s1/i3D3,4D3. The normalized spacial score (nSPS) is 21.1. The summed E-state index contributed by atoms with van der Waals surface area (Å²) in [5, 5.41) is 10.4. The van der Waals surface area contributed by atoms with Gasteiger partial charge in [-0.15, -0.1) is 0 Å². The smallest absolute Gasteiger partial charge is 0.119 e. The second kappa shape index (κ2) is 6.92. The largest absolute Gasteiger partial charge is 0.493 e. The maximum Gasteiger partial charge on any atom is 0.119 e. The molecule has 0 fully saturated rings. The Morgan fingerprint density at radius 1 is 1.37 bits per heavy atom. The molecule has 1 aromatic carbocycles. The highest BCUT2D eigenvalue weighted by atomic mass is 16.5. The minimum Gasteiger partial charge on any atom is -0.493 e. The van der Waals surface area contributed by atoms with E-state index in [0.29, 0.717) is 18.3 Å². The quantitative estimate of drug-likeness (QED) is 0.800. The molecule has 0 unspecified atom stereocenters. The maximum atomic E-state index is 10.4. The summed E-state index contributed by atoms with van der Waals surface area (Å²) in [4.78, 5) is 0. The molecule has 19 heavy (non-hydrogen) atoms. The van der Waals surface area contributed by atoms with Crippen LogP contribution in [0.5, 0.6) is 5.75 Å². The maximum absolute atomic E-state index is 10.4. The number of ether oxygens (including phenoxy) is 1. The van der Waals surface area contributed by atoms with Gasteiger partial charge in [-0.2, -0.15) is 0 Å². The molecule has 0 aliphatic rings. The van der Waals surface area contributed by atoms with E-state index in [1.807, 2.05) is 0 Å². The lowest BCUT2D eigenvalue weighted by molar-refractivity contribution is 0.0517. The summed E-state index contributed by atoms with van der Waals surface area (Å²) in [5.41, 5.74) is 3.01. The Balaban J connectivity index is 2.97. The Morgan fingerprint density at radius 3 is 2.53 bits per heavy atom. The first kappa shape index (κ1) is 8.98. The van der Waals surface area contributed by atoms with Crippen LogP contribution in [-0.4, -0.2) is 17.3 Å². The second-order valence-electron chi connectivity index (χ2n) is 5.02. The van der Waals surface area contributed by atoms with Crippen molar-refractivity contribution in [3.05, 3.63) is 29.8 Å². The molecule has 1 aromatic rings. The molecule has 0 aliphatic carbocycles. The van der Waals surface area contributed by atoms with Crippen molar-refractivity contribution in [3.63, 3.8) is 0 Å². The van der Waals surface area contributed by atoms with E-state index < -0.39 is 25.3 Å². The van der Waals surface area contributed by atoms with E-state index in [9.17, 15) is 5.11 Å². The molecule has 0 radical (unpaired) electrons. The van der Waals surface area contributed by atoms with Crippen LogP contribution in [0, 0.1) is 5.92 Å². The van der Waals surface area contributed by atoms with Gasteiger partial charge in [0.05, 0.1) is 18.2 Å². The molecule has 2 atom stereocenters. The van der Waals surface area contributed by atoms with E-state index in [-0.39, 0.29) is 5.56 Å². The third kappa shape index (κ3) is 5.21. The van der Waals surface area contributed by atoms with Crippen LogP contribution < -0.4 is 10.5 Å². The summed E-state index contributed by atoms with van der Waals surface area (Å²) in [7, 11) is 0. The molecule has 0 bridgehead atoms. The fourth-order valence-corrected chi connectivity index (χ4v) is 1.83. The van der Waals surface area contributed by atoms with Gasteiger partial charge in [0.15, 0.2) is 0 Å². The number of aliphatic hydroxyl groups is 1. The van der Waals surface area contributed by atoms with Crippen LogP contribution in [0.4, 0.5) is 0 Å². The summed E-state index contributed by atoms with van der Waals surface area (Å²) in [6, 6.07) is 4.54. The van der Waals surface area contributed by atoms with Crippen LogP contribution in [-0.2, 0) is 0 Å². The van der Waals surface area contributed by atoms with Crippen LogP contribution in [0.3, 0.4) is 0 Å². The van der Waals surface area contributed by atoms with E-state index in [2.05, 4.69) is 13.8 Å². The van der Waals surface area contributed by atoms with Crippen LogP contribution in [0.1, 0.15) is 60.2 Å². The molecule has 0 heterocycles. The average Bonchev–Trinajstić information content (AvgIpc) is 2.50. The highest BCUT2D eigenvalue weighted by molar-refractivity contribution is 5.30. The fraction of sp³-hybridized carbons (Fsp3) is 0.625. The molecular formula is C16H27NO2. The van der Waals surface area contributed by atoms with E-state index >= 15 is 0 Å². The third-order valence-electron chi connectivity index (χ3n) is 3.01. The molecule has 108 valence electrons. The van der Waals surface area contributed by atoms with Gasteiger partial charge in [-0.3, -0.25) is 0 Å². The fourth-order valence-electron chi connectivity index (χ4n) is 1.83. The third-order valence-corrected chi connectivity index (χ3v) is 3.01. The van der Waals surface area contributed by atoms with Crippen molar-refractivity contribution in [2.45, 2.75) is 52.0 Å². The van der Waals surface area contributed by atoms with Gasteiger partial charge in [0, 0.05) is 8.22 Å². The predicted molar refractivity (Wildman–Crippen MR) is 79.2 cm³/mol. The van der Waals surface area contributed by atoms with Crippen LogP contribution in [0.2, 0.25) is 0 Å². The molecule has 0 spiro atoms. The molecule has 0 amide bonds. The summed E-state index contributed by atoms with van der Waals surface area (Å²) in [6.07, 6.45) is 2.12. The topological polar surface area (TPSA) is 55.5 Å². The lowest BCUT2D eigenvalue weighted by atomic mass is 9.93. The van der Waals surface area contributed by atoms with Gasteiger partial charge in [-0.1, -0.05) is 32.4 Å². The molecule has 0 saturated heterocycles. The van der Waals surface area contributed by atoms with Crippen LogP contribution in [0.25, 0.3) is 0 Å². The molecule has 3 heteroatoms. The van der Waals surface area contributed by atoms with Gasteiger partial charge in [-0.05, 0) is 43.7 Å². The Bertz CT molecular complexity index is 527. The van der Waals surface area contributed by atoms with Crippen molar-refractivity contribution in [1.29, 1.82) is 0 Å². The predicted octanol–water partition coefficient (Wildman–Crippen LogP) is 3.27. The SMILES string of the molecule is [2H]C([2H])([2H])C(O)([C@H](N)c1ccc(OC[C@@H](C)CCC)cc1)C([2H])([2H])[2H]. The molecule has 0 saturated carbocycles. The molecule has 1 rings (SSSR count). The molecule has 0 aromatic heterocycles. The molecule has 0 aliphatic heterocycles. The van der Waals surface area contributed by atoms with E-state index in [1.165, 1.54) is 12.1 Å². The number of rotatable bonds is 7. The molecular weight excluding hydrogens is 238 g/mol. The van der Waals surface area contributed by atoms with Gasteiger partial charge in [0.1, 0.15) is 5.75 Å². The summed E-state index contributed by atoms with van der Waals surface area (Å²) >= 11 is 0. The number of hydrogen-bond donors (Lipinski definition) is 2. The summed E-state index contributed by atoms with van der Waals surface area (Å²) < 4.78 is 50.3. The Labute approximate surface area is 125 Å². The molecule has 3 N–H and O–H groups in total. The zero-order valence-electron chi connectivity index (χ0n) is 17.5. The lowest BCUT2D eigenvalue weighted by Crippen LogP contribution is -2.34. The van der Waals surface area contributed by atoms with Gasteiger partial charge >= 0.3 is 0 Å². The Kier molecular flexibility index (Phi) is 3.27. The first-order valence-electron chi connectivity index (χ1n) is 9.55. The zero-order valence-corrected chi connectivity index (χ0v) is 11.5. The van der Waals surface area contributed by atoms with Crippen molar-refractivity contribution < 1.29 is 18.1 Å². The van der Waals surface area contributed by atoms with Crippen molar-refractivity contribution >= 4 is 0 Å². The van der Waals surface area contributed by atoms with Gasteiger partial charge < -0.3 is 15.6 Å². The van der Waals surface area contributed by atoms with Gasteiger partial charge in [0.25, 0.3) is 0 Å². The van der Waals surface area contributed by atoms with Crippen LogP contribution >= 0.6 is 0 Å². The number of benzene rings is 1. The summed E-state index contributed by atoms with van der Waals surface area (Å²) in [6.45, 7) is -1.59. The van der Waals surface area contributed by atoms with Gasteiger partial charge in [-0.25, -0.2) is 0 Å². The highest BCUT2D eigenvalue weighted by Crippen LogP contribution is 2.24. The second-order valence-corrected chi connectivity index (χ2v) is 5.02. The zero-order chi connectivity index (χ0) is 19.5. The molecule has 3 nitrogen and oxygen atoms in total. The van der Waals surface area contributed by atoms with Crippen LogP contribution in [0.15, 0.2) is 24.3 Å². The summed E-state index contributed by atoms with van der Waals surface area (Å²) in [5.74, 6) is 0.980. The van der Waals surface area contributed by atoms with E-state index in [0.717, 1.165) is 12.8 Å². The van der Waals surface area contributed by atoms with Crippen molar-refractivity contribution in [3.8, 4) is 5.75 Å². The highest BCUT2D eigenvalue weighted by Gasteiger charge is 2.24. The Hall–Kier alpha value is -1.06. The van der Waals surface area contributed by atoms with E-state index in [1.54, 1.807) is 12.1 Å². The minimum absolute atomic E-state index is 0.212. The van der Waals surface area contributed by atoms with Crippen molar-refractivity contribution in [1.82, 2.24) is 0 Å². The average molecular weight is 271 g/mol. The minimum atomic E-state index is -3.16. The first-order chi connectivity index (χ1) is 11.3. The van der Waals surface area contributed by atoms with Crippen molar-refractivity contribution in [2.24, 2.45) is 11.7 Å². The van der Waals surface area contributed by atoms with Gasteiger partial charge in [0.2, 0.25) is 0 Å². The van der Waals surface area contributed by atoms with Crippen molar-refractivity contribution in [2.75, 3.05) is 6.61 Å². The Morgan fingerprint density at radius 2 is 2.00 bits per heavy atom. The van der Waals surface area contributed by atoms with E-state index in [4.69, 9.17) is 18.7 Å². The first-order valence-corrected chi connectivity index (χ1v) is 6.55. The lowest BCUT2D eigenvalue weighted by Gasteiger charge is -2.26.